The van der Waals surface area contributed by atoms with Gasteiger partial charge in [0, 0.05) is 19.2 Å². The van der Waals surface area contributed by atoms with Gasteiger partial charge in [0.05, 0.1) is 18.4 Å². The number of oxazole rings is 1. The van der Waals surface area contributed by atoms with Gasteiger partial charge in [0.1, 0.15) is 17.1 Å². The predicted octanol–water partition coefficient (Wildman–Crippen LogP) is 1.65. The van der Waals surface area contributed by atoms with Crippen LogP contribution in [0, 0.1) is 6.92 Å². The van der Waals surface area contributed by atoms with Crippen molar-refractivity contribution < 1.29 is 42.2 Å². The van der Waals surface area contributed by atoms with Crippen LogP contribution in [0.4, 0.5) is 18.9 Å². The average molecular weight is 499 g/mol. The highest BCUT2D eigenvalue weighted by Gasteiger charge is 2.38. The number of halogens is 3. The number of hydrogen-bond donors (Lipinski definition) is 4. The smallest absolute Gasteiger partial charge is 0.476 e. The van der Waals surface area contributed by atoms with Crippen LogP contribution in [0.25, 0.3) is 11.4 Å². The number of nitrogens with one attached hydrogen (secondary N) is 1. The number of anilines is 1. The Kier molecular flexibility index (Phi) is 8.85. The summed E-state index contributed by atoms with van der Waals surface area (Å²) in [4.78, 5) is 39.8. The number of nitrogen functional groups attached to an aromatic ring is 1. The number of alkyl halides is 3. The van der Waals surface area contributed by atoms with Crippen molar-refractivity contribution in [2.45, 2.75) is 39.0 Å². The molecule has 188 valence electrons. The van der Waals surface area contributed by atoms with Gasteiger partial charge in [0.25, 0.3) is 0 Å². The lowest BCUT2D eigenvalue weighted by molar-refractivity contribution is -0.192. The lowest BCUT2D eigenvalue weighted by atomic mass is 10.2. The Hall–Kier alpha value is -4.50. The second kappa shape index (κ2) is 11.6. The minimum Gasteiger partial charge on any atom is -0.476 e. The highest BCUT2D eigenvalue weighted by Crippen LogP contribution is 2.20. The van der Waals surface area contributed by atoms with Crippen LogP contribution in [0.15, 0.2) is 28.9 Å². The topological polar surface area (TPSA) is 199 Å². The number of nitrogens with two attached hydrogens (primary N) is 1. The van der Waals surface area contributed by atoms with Crippen molar-refractivity contribution in [2.24, 2.45) is 0 Å². The van der Waals surface area contributed by atoms with Crippen LogP contribution in [-0.4, -0.2) is 59.2 Å². The second-order valence-electron chi connectivity index (χ2n) is 6.81. The first kappa shape index (κ1) is 26.7. The number of carbonyl (C=O) groups is 3. The highest BCUT2D eigenvalue weighted by molar-refractivity contribution is 5.86. The molecule has 0 aliphatic rings. The lowest BCUT2D eigenvalue weighted by Gasteiger charge is -2.03. The predicted molar refractivity (Wildman–Crippen MR) is 111 cm³/mol. The van der Waals surface area contributed by atoms with E-state index in [0.717, 1.165) is 0 Å². The van der Waals surface area contributed by atoms with Crippen molar-refractivity contribution in [1.29, 1.82) is 0 Å². The molecule has 5 N–H and O–H groups in total. The number of carboxylic acids is 2. The lowest BCUT2D eigenvalue weighted by Crippen LogP contribution is -2.23. The molecular weight excluding hydrogens is 479 g/mol. The van der Waals surface area contributed by atoms with Gasteiger partial charge in [-0.3, -0.25) is 14.5 Å². The number of aromatic carboxylic acids is 1. The zero-order valence-electron chi connectivity index (χ0n) is 18.1. The fraction of sp³-hybridized carbons (Fsp3) is 0.316. The van der Waals surface area contributed by atoms with Crippen LogP contribution in [0.3, 0.4) is 0 Å². The summed E-state index contributed by atoms with van der Waals surface area (Å²) in [5.74, 6) is -3.78. The van der Waals surface area contributed by atoms with E-state index >= 15 is 0 Å². The van der Waals surface area contributed by atoms with Crippen LogP contribution < -0.4 is 11.1 Å². The molecule has 3 rings (SSSR count). The number of carbonyl (C=O) groups excluding carboxylic acids is 1. The number of pyridine rings is 1. The minimum atomic E-state index is -5.08. The molecule has 0 fully saturated rings. The van der Waals surface area contributed by atoms with Gasteiger partial charge in [-0.25, -0.2) is 14.6 Å². The Morgan fingerprint density at radius 2 is 1.94 bits per heavy atom. The monoisotopic (exact) mass is 499 g/mol. The van der Waals surface area contributed by atoms with Crippen LogP contribution >= 0.6 is 0 Å². The zero-order chi connectivity index (χ0) is 26.2. The summed E-state index contributed by atoms with van der Waals surface area (Å²) in [6.45, 7) is 2.03. The average Bonchev–Trinajstić information content (AvgIpc) is 3.39. The van der Waals surface area contributed by atoms with Gasteiger partial charge >= 0.3 is 18.1 Å². The van der Waals surface area contributed by atoms with Gasteiger partial charge in [-0.05, 0) is 25.5 Å². The first-order chi connectivity index (χ1) is 16.4. The molecule has 0 saturated heterocycles. The van der Waals surface area contributed by atoms with E-state index in [2.05, 4.69) is 25.6 Å². The van der Waals surface area contributed by atoms with E-state index < -0.39 is 18.1 Å². The Morgan fingerprint density at radius 1 is 1.26 bits per heavy atom. The Morgan fingerprint density at radius 3 is 2.51 bits per heavy atom. The Bertz CT molecular complexity index is 1190. The molecule has 0 radical (unpaired) electrons. The molecule has 0 saturated carbocycles. The fourth-order valence-electron chi connectivity index (χ4n) is 2.54. The maximum absolute atomic E-state index is 11.9. The number of aryl methyl sites for hydroxylation is 2. The van der Waals surface area contributed by atoms with Crippen molar-refractivity contribution in [3.05, 3.63) is 41.9 Å². The first-order valence-electron chi connectivity index (χ1n) is 9.76. The fourth-order valence-corrected chi connectivity index (χ4v) is 2.54. The van der Waals surface area contributed by atoms with Crippen molar-refractivity contribution in [2.75, 3.05) is 5.73 Å². The largest absolute Gasteiger partial charge is 0.490 e. The van der Waals surface area contributed by atoms with E-state index in [0.29, 0.717) is 30.0 Å². The van der Waals surface area contributed by atoms with Crippen LogP contribution in [-0.2, 0) is 22.7 Å². The molecule has 0 aliphatic carbocycles. The van der Waals surface area contributed by atoms with E-state index in [-0.39, 0.29) is 36.2 Å². The molecule has 16 heteroatoms. The van der Waals surface area contributed by atoms with Gasteiger partial charge < -0.3 is 25.7 Å². The number of hydrogen-bond acceptors (Lipinski definition) is 9. The number of nitrogens with zero attached hydrogens (tertiary/aromatic N) is 5. The summed E-state index contributed by atoms with van der Waals surface area (Å²) >= 11 is 0. The van der Waals surface area contributed by atoms with Gasteiger partial charge in [-0.15, -0.1) is 5.10 Å². The Balaban J connectivity index is 0.000000540. The molecule has 0 unspecified atom stereocenters. The number of rotatable bonds is 8. The van der Waals surface area contributed by atoms with Gasteiger partial charge in [0.15, 0.2) is 5.69 Å². The highest BCUT2D eigenvalue weighted by atomic mass is 19.4. The van der Waals surface area contributed by atoms with E-state index in [4.69, 9.17) is 25.2 Å². The molecule has 3 heterocycles. The van der Waals surface area contributed by atoms with E-state index in [1.807, 2.05) is 0 Å². The van der Waals surface area contributed by atoms with Crippen LogP contribution in [0.5, 0.6) is 0 Å². The molecule has 0 bridgehead atoms. The standard InChI is InChI=1S/C17H19N7O4.C2HF3O2/c1-10-15(17(26)27)21-14(28-10)8-20-13(25)5-3-7-24-9-12(22-23-24)16-11(18)4-2-6-19-16;3-2(4,5)1(6)7/h2,4,6,9H,3,5,7-8,18H2,1H3,(H,20,25)(H,26,27);(H,6,7). The van der Waals surface area contributed by atoms with E-state index in [9.17, 15) is 22.8 Å². The molecule has 0 atom stereocenters. The van der Waals surface area contributed by atoms with Gasteiger partial charge in [-0.2, -0.15) is 13.2 Å². The normalized spacial score (nSPS) is 10.9. The summed E-state index contributed by atoms with van der Waals surface area (Å²) in [5, 5.41) is 26.8. The van der Waals surface area contributed by atoms with E-state index in [1.54, 1.807) is 29.2 Å². The van der Waals surface area contributed by atoms with Crippen molar-refractivity contribution in [1.82, 2.24) is 30.3 Å². The summed E-state index contributed by atoms with van der Waals surface area (Å²) in [6, 6.07) is 3.48. The minimum absolute atomic E-state index is 0.0272. The van der Waals surface area contributed by atoms with Crippen molar-refractivity contribution in [3.63, 3.8) is 0 Å². The summed E-state index contributed by atoms with van der Waals surface area (Å²) in [5.41, 5.74) is 7.36. The van der Waals surface area contributed by atoms with Gasteiger partial charge in [0.2, 0.25) is 11.8 Å². The van der Waals surface area contributed by atoms with Gasteiger partial charge in [-0.1, -0.05) is 5.21 Å². The van der Waals surface area contributed by atoms with Crippen LogP contribution in [0.2, 0.25) is 0 Å². The number of aliphatic carboxylic acids is 1. The molecule has 0 aromatic carbocycles. The van der Waals surface area contributed by atoms with Crippen molar-refractivity contribution in [3.8, 4) is 11.4 Å². The summed E-state index contributed by atoms with van der Waals surface area (Å²) < 4.78 is 38.6. The maximum atomic E-state index is 11.9. The zero-order valence-corrected chi connectivity index (χ0v) is 18.1. The third kappa shape index (κ3) is 8.09. The number of carboxylic acid groups (broad SMARTS) is 2. The SMILES string of the molecule is Cc1oc(CNC(=O)CCCn2cc(-c3ncccc3N)nn2)nc1C(=O)O.O=C(O)C(F)(F)F. The third-order valence-corrected chi connectivity index (χ3v) is 4.13. The molecule has 0 aliphatic heterocycles. The molecule has 3 aromatic heterocycles. The first-order valence-corrected chi connectivity index (χ1v) is 9.76. The molecular formula is C19H20F3N7O6. The third-order valence-electron chi connectivity index (χ3n) is 4.13. The molecule has 1 amide bonds. The van der Waals surface area contributed by atoms with Crippen LogP contribution in [0.1, 0.15) is 35.0 Å². The number of amides is 1. The second-order valence-corrected chi connectivity index (χ2v) is 6.81. The molecule has 13 nitrogen and oxygen atoms in total. The molecule has 3 aromatic rings. The quantitative estimate of drug-likeness (QED) is 0.351. The summed E-state index contributed by atoms with van der Waals surface area (Å²) in [6.07, 6.45) is -0.937. The van der Waals surface area contributed by atoms with E-state index in [1.165, 1.54) is 6.92 Å². The molecule has 0 spiro atoms. The number of aromatic nitrogens is 5. The van der Waals surface area contributed by atoms with Crippen molar-refractivity contribution >= 4 is 23.5 Å². The summed E-state index contributed by atoms with van der Waals surface area (Å²) in [7, 11) is 0. The maximum Gasteiger partial charge on any atom is 0.490 e. The molecule has 35 heavy (non-hydrogen) atoms. The Labute approximate surface area is 194 Å².